The van der Waals surface area contributed by atoms with Crippen molar-refractivity contribution in [3.63, 3.8) is 0 Å². The number of aliphatic hydroxyl groups is 1. The quantitative estimate of drug-likeness (QED) is 0.366. The molecule has 0 aromatic heterocycles. The molecule has 0 heterocycles. The number of carbonyl (C=O) groups is 1. The van der Waals surface area contributed by atoms with Crippen molar-refractivity contribution in [2.24, 2.45) is 5.92 Å². The summed E-state index contributed by atoms with van der Waals surface area (Å²) in [5.41, 5.74) is 0.677. The first kappa shape index (κ1) is 21.4. The van der Waals surface area contributed by atoms with Crippen LogP contribution in [-0.4, -0.2) is 23.0 Å². The van der Waals surface area contributed by atoms with E-state index in [1.807, 2.05) is 6.07 Å². The summed E-state index contributed by atoms with van der Waals surface area (Å²) in [5, 5.41) is 11.2. The van der Waals surface area contributed by atoms with E-state index in [1.54, 1.807) is 12.1 Å². The van der Waals surface area contributed by atoms with Gasteiger partial charge in [0.25, 0.3) is 0 Å². The highest BCUT2D eigenvalue weighted by Gasteiger charge is 2.33. The Morgan fingerprint density at radius 1 is 1.14 bits per heavy atom. The molecule has 0 aliphatic heterocycles. The molecule has 2 aliphatic carbocycles. The average molecular weight is 409 g/mol. The Bertz CT molecular complexity index is 654. The summed E-state index contributed by atoms with van der Waals surface area (Å²) in [7, 11) is 0. The van der Waals surface area contributed by atoms with Gasteiger partial charge in [-0.05, 0) is 50.5 Å². The predicted octanol–water partition coefficient (Wildman–Crippen LogP) is 5.82. The second-order valence-electron chi connectivity index (χ2n) is 8.41. The molecule has 0 amide bonds. The third kappa shape index (κ3) is 5.87. The van der Waals surface area contributed by atoms with Gasteiger partial charge in [-0.25, -0.2) is 0 Å². The fraction of sp³-hybridized carbons (Fsp3) is 0.696. The van der Waals surface area contributed by atoms with E-state index >= 15 is 0 Å². The third-order valence-corrected chi connectivity index (χ3v) is 6.52. The number of para-hydroxylation sites is 1. The number of halogens is 1. The van der Waals surface area contributed by atoms with E-state index in [-0.39, 0.29) is 18.5 Å². The van der Waals surface area contributed by atoms with Crippen molar-refractivity contribution in [2.75, 3.05) is 0 Å². The van der Waals surface area contributed by atoms with Crippen LogP contribution in [0.3, 0.4) is 0 Å². The molecule has 28 heavy (non-hydrogen) atoms. The summed E-state index contributed by atoms with van der Waals surface area (Å²) < 4.78 is 11.7. The van der Waals surface area contributed by atoms with Gasteiger partial charge in [-0.3, -0.25) is 4.79 Å². The minimum absolute atomic E-state index is 0.00938. The van der Waals surface area contributed by atoms with E-state index in [2.05, 4.69) is 6.92 Å². The van der Waals surface area contributed by atoms with Crippen LogP contribution in [0, 0.1) is 5.92 Å². The van der Waals surface area contributed by atoms with Crippen molar-refractivity contribution in [3.8, 4) is 5.75 Å². The molecule has 2 aliphatic rings. The molecule has 2 unspecified atom stereocenters. The molecule has 1 N–H and O–H groups in total. The molecule has 2 fully saturated rings. The zero-order valence-corrected chi connectivity index (χ0v) is 17.7. The Morgan fingerprint density at radius 2 is 1.93 bits per heavy atom. The second kappa shape index (κ2) is 9.98. The standard InChI is InChI=1S/C23H33ClO4/c1-2-17-8-6-10-19(13-12-17)27-21(25)16-18-9-7-11-20(24)22(18)28-23(26)14-4-3-5-15-23/h7,9,11,17,19,26H,2-6,8,10,12-16H2,1H3. The minimum Gasteiger partial charge on any atom is -0.462 e. The van der Waals surface area contributed by atoms with Crippen LogP contribution in [-0.2, 0) is 16.0 Å². The molecule has 1 aromatic carbocycles. The zero-order chi connectivity index (χ0) is 20.0. The van der Waals surface area contributed by atoms with Gasteiger partial charge in [0.15, 0.2) is 0 Å². The summed E-state index contributed by atoms with van der Waals surface area (Å²) in [6.07, 6.45) is 10.8. The Morgan fingerprint density at radius 3 is 2.68 bits per heavy atom. The highest BCUT2D eigenvalue weighted by atomic mass is 35.5. The van der Waals surface area contributed by atoms with Crippen molar-refractivity contribution in [3.05, 3.63) is 28.8 Å². The molecule has 4 nitrogen and oxygen atoms in total. The van der Waals surface area contributed by atoms with Gasteiger partial charge in [-0.15, -0.1) is 0 Å². The maximum atomic E-state index is 12.6. The number of carbonyl (C=O) groups excluding carboxylic acids is 1. The number of hydrogen-bond acceptors (Lipinski definition) is 4. The molecular weight excluding hydrogens is 376 g/mol. The van der Waals surface area contributed by atoms with Gasteiger partial charge in [0, 0.05) is 18.4 Å². The van der Waals surface area contributed by atoms with Crippen LogP contribution >= 0.6 is 11.6 Å². The van der Waals surface area contributed by atoms with Crippen molar-refractivity contribution in [1.82, 2.24) is 0 Å². The van der Waals surface area contributed by atoms with E-state index in [9.17, 15) is 9.90 Å². The largest absolute Gasteiger partial charge is 0.462 e. The monoisotopic (exact) mass is 408 g/mol. The van der Waals surface area contributed by atoms with Crippen LogP contribution < -0.4 is 4.74 Å². The molecule has 2 atom stereocenters. The van der Waals surface area contributed by atoms with E-state index in [0.29, 0.717) is 29.2 Å². The fourth-order valence-corrected chi connectivity index (χ4v) is 4.69. The summed E-state index contributed by atoms with van der Waals surface area (Å²) in [5.74, 6) is -0.272. The smallest absolute Gasteiger partial charge is 0.310 e. The molecule has 156 valence electrons. The van der Waals surface area contributed by atoms with Gasteiger partial charge in [0.1, 0.15) is 11.9 Å². The van der Waals surface area contributed by atoms with Crippen LogP contribution in [0.25, 0.3) is 0 Å². The molecule has 3 rings (SSSR count). The Balaban J connectivity index is 1.63. The lowest BCUT2D eigenvalue weighted by atomic mass is 9.94. The highest BCUT2D eigenvalue weighted by molar-refractivity contribution is 6.32. The molecule has 0 radical (unpaired) electrons. The summed E-state index contributed by atoms with van der Waals surface area (Å²) in [6, 6.07) is 5.36. The van der Waals surface area contributed by atoms with Crippen LogP contribution in [0.4, 0.5) is 0 Å². The van der Waals surface area contributed by atoms with Gasteiger partial charge in [-0.2, -0.15) is 0 Å². The Kier molecular flexibility index (Phi) is 7.64. The lowest BCUT2D eigenvalue weighted by Gasteiger charge is -2.33. The van der Waals surface area contributed by atoms with Crippen LogP contribution in [0.15, 0.2) is 18.2 Å². The average Bonchev–Trinajstić information content (AvgIpc) is 2.90. The van der Waals surface area contributed by atoms with Gasteiger partial charge >= 0.3 is 5.97 Å². The SMILES string of the molecule is CCC1CCCC(OC(=O)Cc2cccc(Cl)c2OC2(O)CCCCC2)CC1. The van der Waals surface area contributed by atoms with Gasteiger partial charge < -0.3 is 14.6 Å². The maximum absolute atomic E-state index is 12.6. The number of esters is 1. The van der Waals surface area contributed by atoms with Crippen molar-refractivity contribution >= 4 is 17.6 Å². The number of benzene rings is 1. The first-order chi connectivity index (χ1) is 13.5. The third-order valence-electron chi connectivity index (χ3n) is 6.22. The summed E-state index contributed by atoms with van der Waals surface area (Å²) in [6.45, 7) is 2.23. The Labute approximate surface area is 173 Å². The van der Waals surface area contributed by atoms with Crippen LogP contribution in [0.2, 0.25) is 5.02 Å². The molecule has 2 saturated carbocycles. The number of ether oxygens (including phenoxy) is 2. The number of rotatable bonds is 6. The van der Waals surface area contributed by atoms with Crippen LogP contribution in [0.1, 0.15) is 83.1 Å². The van der Waals surface area contributed by atoms with E-state index < -0.39 is 5.79 Å². The fourth-order valence-electron chi connectivity index (χ4n) is 4.46. The van der Waals surface area contributed by atoms with Crippen molar-refractivity contribution in [1.29, 1.82) is 0 Å². The first-order valence-electron chi connectivity index (χ1n) is 10.9. The molecule has 0 spiro atoms. The normalized spacial score (nSPS) is 25.0. The highest BCUT2D eigenvalue weighted by Crippen LogP contribution is 2.37. The van der Waals surface area contributed by atoms with Gasteiger partial charge in [-0.1, -0.05) is 49.9 Å². The molecule has 1 aromatic rings. The topological polar surface area (TPSA) is 55.8 Å². The lowest BCUT2D eigenvalue weighted by molar-refractivity contribution is -0.160. The Hall–Kier alpha value is -1.26. The molecular formula is C23H33ClO4. The maximum Gasteiger partial charge on any atom is 0.310 e. The minimum atomic E-state index is -1.20. The molecule has 0 saturated heterocycles. The first-order valence-corrected chi connectivity index (χ1v) is 11.2. The number of hydrogen-bond donors (Lipinski definition) is 1. The van der Waals surface area contributed by atoms with E-state index in [4.69, 9.17) is 21.1 Å². The van der Waals surface area contributed by atoms with Gasteiger partial charge in [0.2, 0.25) is 5.79 Å². The van der Waals surface area contributed by atoms with Crippen molar-refractivity contribution < 1.29 is 19.4 Å². The molecule has 0 bridgehead atoms. The predicted molar refractivity (Wildman–Crippen MR) is 111 cm³/mol. The second-order valence-corrected chi connectivity index (χ2v) is 8.82. The lowest BCUT2D eigenvalue weighted by Crippen LogP contribution is -2.38. The van der Waals surface area contributed by atoms with Crippen LogP contribution in [0.5, 0.6) is 5.75 Å². The molecule has 5 heteroatoms. The van der Waals surface area contributed by atoms with E-state index in [0.717, 1.165) is 50.9 Å². The summed E-state index contributed by atoms with van der Waals surface area (Å²) in [4.78, 5) is 12.6. The van der Waals surface area contributed by atoms with Crippen molar-refractivity contribution in [2.45, 2.75) is 95.9 Å². The summed E-state index contributed by atoms with van der Waals surface area (Å²) >= 11 is 6.35. The van der Waals surface area contributed by atoms with Gasteiger partial charge in [0.05, 0.1) is 11.4 Å². The zero-order valence-electron chi connectivity index (χ0n) is 16.9. The van der Waals surface area contributed by atoms with E-state index in [1.165, 1.54) is 12.8 Å².